The van der Waals surface area contributed by atoms with Crippen LogP contribution in [0.3, 0.4) is 0 Å². The monoisotopic (exact) mass is 304 g/mol. The molecule has 2 aliphatic rings. The van der Waals surface area contributed by atoms with Gasteiger partial charge in [-0.25, -0.2) is 0 Å². The molecule has 1 aromatic carbocycles. The lowest BCUT2D eigenvalue weighted by molar-refractivity contribution is 0.0679. The summed E-state index contributed by atoms with van der Waals surface area (Å²) in [5.41, 5.74) is 1.36. The highest BCUT2D eigenvalue weighted by Crippen LogP contribution is 2.18. The number of hydrogen-bond acceptors (Lipinski definition) is 4. The molecular weight excluding hydrogens is 276 g/mol. The third kappa shape index (κ3) is 4.45. The summed E-state index contributed by atoms with van der Waals surface area (Å²) in [4.78, 5) is 2.53. The quantitative estimate of drug-likeness (QED) is 0.875. The topological polar surface area (TPSA) is 33.7 Å². The van der Waals surface area contributed by atoms with Crippen molar-refractivity contribution in [1.82, 2.24) is 10.2 Å². The fraction of sp³-hybridized carbons (Fsp3) is 0.667. The van der Waals surface area contributed by atoms with Crippen molar-refractivity contribution < 1.29 is 9.47 Å². The highest BCUT2D eigenvalue weighted by Gasteiger charge is 2.18. The molecule has 22 heavy (non-hydrogen) atoms. The van der Waals surface area contributed by atoms with E-state index in [1.54, 1.807) is 0 Å². The van der Waals surface area contributed by atoms with Gasteiger partial charge in [-0.15, -0.1) is 0 Å². The smallest absolute Gasteiger partial charge is 0.119 e. The van der Waals surface area contributed by atoms with Crippen LogP contribution in [0.5, 0.6) is 5.75 Å². The lowest BCUT2D eigenvalue weighted by Gasteiger charge is -2.32. The van der Waals surface area contributed by atoms with Gasteiger partial charge in [0.1, 0.15) is 12.4 Å². The second-order valence-electron chi connectivity index (χ2n) is 6.45. The van der Waals surface area contributed by atoms with E-state index in [4.69, 9.17) is 9.47 Å². The van der Waals surface area contributed by atoms with Gasteiger partial charge in [0.2, 0.25) is 0 Å². The number of piperidine rings is 1. The maximum absolute atomic E-state index is 5.82. The van der Waals surface area contributed by atoms with Gasteiger partial charge < -0.3 is 14.8 Å². The molecule has 2 fully saturated rings. The number of rotatable bonds is 6. The third-order valence-corrected chi connectivity index (χ3v) is 4.70. The zero-order valence-electron chi connectivity index (χ0n) is 13.6. The van der Waals surface area contributed by atoms with Gasteiger partial charge in [0.05, 0.1) is 6.10 Å². The summed E-state index contributed by atoms with van der Waals surface area (Å²) < 4.78 is 11.4. The molecule has 122 valence electrons. The molecule has 0 aromatic heterocycles. The van der Waals surface area contributed by atoms with Crippen molar-refractivity contribution in [3.63, 3.8) is 0 Å². The van der Waals surface area contributed by atoms with Crippen LogP contribution in [0.2, 0.25) is 0 Å². The van der Waals surface area contributed by atoms with Crippen LogP contribution in [-0.4, -0.2) is 50.4 Å². The summed E-state index contributed by atoms with van der Waals surface area (Å²) in [6.07, 6.45) is 5.15. The molecule has 0 spiro atoms. The van der Waals surface area contributed by atoms with Crippen LogP contribution in [0.1, 0.15) is 31.2 Å². The second-order valence-corrected chi connectivity index (χ2v) is 6.45. The SMILES string of the molecule is CNC1CCCN(Cc2ccc(OCC3CCCO3)cc2)C1. The van der Waals surface area contributed by atoms with Crippen LogP contribution >= 0.6 is 0 Å². The van der Waals surface area contributed by atoms with Crippen LogP contribution in [0, 0.1) is 0 Å². The van der Waals surface area contributed by atoms with Crippen LogP contribution in [0.25, 0.3) is 0 Å². The molecule has 0 bridgehead atoms. The number of likely N-dealkylation sites (tertiary alicyclic amines) is 1. The maximum atomic E-state index is 5.82. The molecule has 2 aliphatic heterocycles. The predicted octanol–water partition coefficient (Wildman–Crippen LogP) is 2.43. The standard InChI is InChI=1S/C18H28N2O2/c1-19-16-4-2-10-20(13-16)12-15-6-8-17(9-7-15)22-14-18-5-3-11-21-18/h6-9,16,18-19H,2-5,10-14H2,1H3. The van der Waals surface area contributed by atoms with Gasteiger partial charge >= 0.3 is 0 Å². The molecule has 4 nitrogen and oxygen atoms in total. The van der Waals surface area contributed by atoms with Gasteiger partial charge in [-0.2, -0.15) is 0 Å². The first-order valence-corrected chi connectivity index (χ1v) is 8.56. The van der Waals surface area contributed by atoms with Crippen molar-refractivity contribution in [3.8, 4) is 5.75 Å². The molecule has 2 unspecified atom stereocenters. The van der Waals surface area contributed by atoms with Crippen molar-refractivity contribution in [2.45, 2.75) is 44.4 Å². The summed E-state index contributed by atoms with van der Waals surface area (Å²) in [7, 11) is 2.06. The number of ether oxygens (including phenoxy) is 2. The lowest BCUT2D eigenvalue weighted by Crippen LogP contribution is -2.43. The number of benzene rings is 1. The van der Waals surface area contributed by atoms with E-state index in [1.807, 2.05) is 0 Å². The number of likely N-dealkylation sites (N-methyl/N-ethyl adjacent to an activating group) is 1. The van der Waals surface area contributed by atoms with E-state index in [-0.39, 0.29) is 6.10 Å². The van der Waals surface area contributed by atoms with Crippen molar-refractivity contribution in [1.29, 1.82) is 0 Å². The molecular formula is C18H28N2O2. The average Bonchev–Trinajstić information content (AvgIpc) is 3.08. The van der Waals surface area contributed by atoms with Gasteiger partial charge in [-0.3, -0.25) is 4.90 Å². The van der Waals surface area contributed by atoms with E-state index >= 15 is 0 Å². The van der Waals surface area contributed by atoms with E-state index in [0.717, 1.165) is 38.3 Å². The number of hydrogen-bond donors (Lipinski definition) is 1. The predicted molar refractivity (Wildman–Crippen MR) is 88.3 cm³/mol. The van der Waals surface area contributed by atoms with Crippen molar-refractivity contribution in [3.05, 3.63) is 29.8 Å². The van der Waals surface area contributed by atoms with E-state index in [9.17, 15) is 0 Å². The van der Waals surface area contributed by atoms with E-state index < -0.39 is 0 Å². The molecule has 2 heterocycles. The van der Waals surface area contributed by atoms with Gasteiger partial charge in [-0.05, 0) is 57.0 Å². The Bertz CT molecular complexity index is 443. The Morgan fingerprint density at radius 1 is 1.23 bits per heavy atom. The zero-order valence-corrected chi connectivity index (χ0v) is 13.6. The minimum Gasteiger partial charge on any atom is -0.491 e. The Balaban J connectivity index is 1.46. The van der Waals surface area contributed by atoms with Crippen LogP contribution in [-0.2, 0) is 11.3 Å². The minimum atomic E-state index is 0.284. The molecule has 0 radical (unpaired) electrons. The molecule has 0 amide bonds. The first kappa shape index (κ1) is 15.8. The second kappa shape index (κ2) is 7.95. The number of nitrogens with one attached hydrogen (secondary N) is 1. The summed E-state index contributed by atoms with van der Waals surface area (Å²) in [5, 5.41) is 3.40. The van der Waals surface area contributed by atoms with Gasteiger partial charge in [0, 0.05) is 25.7 Å². The Labute approximate surface area is 133 Å². The highest BCUT2D eigenvalue weighted by molar-refractivity contribution is 5.27. The fourth-order valence-corrected chi connectivity index (χ4v) is 3.35. The molecule has 1 N–H and O–H groups in total. The largest absolute Gasteiger partial charge is 0.491 e. The lowest BCUT2D eigenvalue weighted by atomic mass is 10.1. The van der Waals surface area contributed by atoms with E-state index in [1.165, 1.54) is 24.9 Å². The molecule has 4 heteroatoms. The molecule has 2 atom stereocenters. The van der Waals surface area contributed by atoms with Gasteiger partial charge in [-0.1, -0.05) is 12.1 Å². The zero-order chi connectivity index (χ0) is 15.2. The summed E-state index contributed by atoms with van der Waals surface area (Å²) in [6.45, 7) is 4.94. The van der Waals surface area contributed by atoms with Crippen molar-refractivity contribution in [2.75, 3.05) is 33.4 Å². The van der Waals surface area contributed by atoms with E-state index in [2.05, 4.69) is 41.5 Å². The Morgan fingerprint density at radius 2 is 2.09 bits per heavy atom. The van der Waals surface area contributed by atoms with E-state index in [0.29, 0.717) is 12.6 Å². The summed E-state index contributed by atoms with van der Waals surface area (Å²) in [6, 6.07) is 9.19. The molecule has 0 saturated carbocycles. The molecule has 2 saturated heterocycles. The van der Waals surface area contributed by atoms with Crippen molar-refractivity contribution in [2.24, 2.45) is 0 Å². The average molecular weight is 304 g/mol. The molecule has 0 aliphatic carbocycles. The third-order valence-electron chi connectivity index (χ3n) is 4.70. The Hall–Kier alpha value is -1.10. The van der Waals surface area contributed by atoms with Crippen LogP contribution < -0.4 is 10.1 Å². The van der Waals surface area contributed by atoms with Gasteiger partial charge in [0.25, 0.3) is 0 Å². The Morgan fingerprint density at radius 3 is 2.82 bits per heavy atom. The molecule has 1 aromatic rings. The first-order valence-electron chi connectivity index (χ1n) is 8.56. The van der Waals surface area contributed by atoms with Crippen LogP contribution in [0.15, 0.2) is 24.3 Å². The van der Waals surface area contributed by atoms with Crippen molar-refractivity contribution >= 4 is 0 Å². The minimum absolute atomic E-state index is 0.284. The number of nitrogens with zero attached hydrogens (tertiary/aromatic N) is 1. The highest BCUT2D eigenvalue weighted by atomic mass is 16.5. The van der Waals surface area contributed by atoms with Gasteiger partial charge in [0.15, 0.2) is 0 Å². The normalized spacial score (nSPS) is 26.2. The summed E-state index contributed by atoms with van der Waals surface area (Å²) >= 11 is 0. The fourth-order valence-electron chi connectivity index (χ4n) is 3.35. The Kier molecular flexibility index (Phi) is 5.70. The molecule has 3 rings (SSSR count). The first-order chi connectivity index (χ1) is 10.8. The summed E-state index contributed by atoms with van der Waals surface area (Å²) in [5.74, 6) is 0.950. The maximum Gasteiger partial charge on any atom is 0.119 e. The van der Waals surface area contributed by atoms with Crippen LogP contribution in [0.4, 0.5) is 0 Å².